The number of phosphoric ester groups is 2. The van der Waals surface area contributed by atoms with Crippen LogP contribution >= 0.6 is 15.6 Å². The molecule has 0 rings (SSSR count). The largest absolute Gasteiger partial charge is 0.472 e. The van der Waals surface area contributed by atoms with Gasteiger partial charge < -0.3 is 33.8 Å². The Kier molecular flexibility index (Phi) is 67.1. The van der Waals surface area contributed by atoms with Crippen molar-refractivity contribution in [2.75, 3.05) is 39.6 Å². The molecule has 0 aromatic heterocycles. The summed E-state index contributed by atoms with van der Waals surface area (Å²) >= 11 is 0. The van der Waals surface area contributed by atoms with Crippen LogP contribution in [0, 0.1) is 17.8 Å². The van der Waals surface area contributed by atoms with Crippen molar-refractivity contribution in [1.82, 2.24) is 0 Å². The van der Waals surface area contributed by atoms with Gasteiger partial charge in [-0.15, -0.1) is 0 Å². The molecule has 0 fully saturated rings. The van der Waals surface area contributed by atoms with Crippen molar-refractivity contribution in [3.8, 4) is 0 Å². The molecule has 0 aliphatic heterocycles. The average Bonchev–Trinajstić information content (AvgIpc) is 2.20. The molecule has 19 heteroatoms. The van der Waals surface area contributed by atoms with Gasteiger partial charge in [-0.05, 0) is 43.4 Å². The highest BCUT2D eigenvalue weighted by Gasteiger charge is 2.30. The molecule has 0 aliphatic rings. The maximum Gasteiger partial charge on any atom is 0.472 e. The van der Waals surface area contributed by atoms with Gasteiger partial charge in [0.25, 0.3) is 0 Å². The van der Waals surface area contributed by atoms with Gasteiger partial charge in [-0.3, -0.25) is 37.3 Å². The lowest BCUT2D eigenvalue weighted by Crippen LogP contribution is -2.30. The van der Waals surface area contributed by atoms with Gasteiger partial charge in [-0.2, -0.15) is 0 Å². The van der Waals surface area contributed by atoms with Gasteiger partial charge in [-0.25, -0.2) is 9.13 Å². The summed E-state index contributed by atoms with van der Waals surface area (Å²) in [5, 5.41) is 10.6. The number of carbonyl (C=O) groups excluding carboxylic acids is 4. The molecule has 0 radical (unpaired) electrons. The second kappa shape index (κ2) is 68.5. The first kappa shape index (κ1) is 95.1. The van der Waals surface area contributed by atoms with Crippen LogP contribution in [-0.4, -0.2) is 96.7 Å². The summed E-state index contributed by atoms with van der Waals surface area (Å²) in [5.74, 6) is 0.121. The number of phosphoric acid groups is 2. The normalized spacial score (nSPS) is 14.6. The fraction of sp³-hybridized carbons (Fsp3) is 0.949. The Morgan fingerprint density at radius 3 is 0.784 bits per heavy atom. The summed E-state index contributed by atoms with van der Waals surface area (Å²) in [4.78, 5) is 72.8. The van der Waals surface area contributed by atoms with E-state index in [1.54, 1.807) is 0 Å². The fourth-order valence-corrected chi connectivity index (χ4v) is 13.5. The molecule has 0 aliphatic carbocycles. The van der Waals surface area contributed by atoms with Crippen LogP contribution in [0.5, 0.6) is 0 Å². The molecule has 0 saturated carbocycles. The molecular weight excluding hydrogens is 1270 g/mol. The first-order valence-electron chi connectivity index (χ1n) is 40.4. The number of aliphatic hydroxyl groups excluding tert-OH is 1. The van der Waals surface area contributed by atoms with Gasteiger partial charge >= 0.3 is 39.5 Å². The highest BCUT2D eigenvalue weighted by Crippen LogP contribution is 2.45. The Bertz CT molecular complexity index is 1890. The summed E-state index contributed by atoms with van der Waals surface area (Å²) in [7, 11) is -9.91. The molecule has 0 bridgehead atoms. The lowest BCUT2D eigenvalue weighted by atomic mass is 10.00. The van der Waals surface area contributed by atoms with Crippen molar-refractivity contribution in [1.29, 1.82) is 0 Å². The fourth-order valence-electron chi connectivity index (χ4n) is 11.9. The van der Waals surface area contributed by atoms with Crippen LogP contribution in [0.4, 0.5) is 0 Å². The minimum atomic E-state index is -4.96. The Hall–Kier alpha value is -1.94. The van der Waals surface area contributed by atoms with Crippen LogP contribution in [0.25, 0.3) is 0 Å². The highest BCUT2D eigenvalue weighted by molar-refractivity contribution is 7.47. The zero-order valence-electron chi connectivity index (χ0n) is 63.5. The maximum absolute atomic E-state index is 13.1. The van der Waals surface area contributed by atoms with Crippen molar-refractivity contribution in [3.05, 3.63) is 0 Å². The van der Waals surface area contributed by atoms with Crippen LogP contribution in [-0.2, 0) is 65.4 Å². The maximum atomic E-state index is 13.1. The monoisotopic (exact) mass is 1420 g/mol. The summed E-state index contributed by atoms with van der Waals surface area (Å²) in [6.45, 7) is 11.8. The van der Waals surface area contributed by atoms with Gasteiger partial charge in [-0.1, -0.05) is 350 Å². The van der Waals surface area contributed by atoms with Crippen LogP contribution in [0.1, 0.15) is 402 Å². The molecule has 0 aromatic carbocycles. The van der Waals surface area contributed by atoms with E-state index in [1.165, 1.54) is 205 Å². The molecule has 4 unspecified atom stereocenters. The van der Waals surface area contributed by atoms with E-state index in [-0.39, 0.29) is 25.7 Å². The smallest absolute Gasteiger partial charge is 0.462 e. The summed E-state index contributed by atoms with van der Waals surface area (Å²) in [5.41, 5.74) is 0. The molecular formula is C78H152O17P2. The zero-order chi connectivity index (χ0) is 71.6. The highest BCUT2D eigenvalue weighted by atomic mass is 31.2. The SMILES string of the molecule is CCCCCCCCCCCCCCCCCCCCCCCC(=O)O[C@H](COC(=O)CCCCCCCCCCCCCCCC(C)C)COP(=O)(O)OC[C@@H](O)COP(=O)(O)OC[C@@H](COC(=O)CCCCCCCCC(C)CC)OC(=O)CCCCCCCCC(C)CC. The molecule has 0 aromatic rings. The van der Waals surface area contributed by atoms with Crippen molar-refractivity contribution < 1.29 is 80.2 Å². The summed E-state index contributed by atoms with van der Waals surface area (Å²) in [6, 6.07) is 0. The predicted octanol–water partition coefficient (Wildman–Crippen LogP) is 23.0. The van der Waals surface area contributed by atoms with Crippen molar-refractivity contribution in [2.24, 2.45) is 17.8 Å². The number of ether oxygens (including phenoxy) is 4. The van der Waals surface area contributed by atoms with Gasteiger partial charge in [0.15, 0.2) is 12.2 Å². The Morgan fingerprint density at radius 1 is 0.299 bits per heavy atom. The van der Waals surface area contributed by atoms with Crippen molar-refractivity contribution >= 4 is 39.5 Å². The molecule has 97 heavy (non-hydrogen) atoms. The minimum Gasteiger partial charge on any atom is -0.462 e. The van der Waals surface area contributed by atoms with Gasteiger partial charge in [0.05, 0.1) is 26.4 Å². The number of carbonyl (C=O) groups is 4. The average molecular weight is 1420 g/mol. The number of rotatable bonds is 76. The lowest BCUT2D eigenvalue weighted by Gasteiger charge is -2.21. The first-order chi connectivity index (χ1) is 46.8. The molecule has 3 N–H and O–H groups in total. The van der Waals surface area contributed by atoms with Crippen LogP contribution in [0.15, 0.2) is 0 Å². The van der Waals surface area contributed by atoms with E-state index in [0.29, 0.717) is 25.7 Å². The number of esters is 4. The van der Waals surface area contributed by atoms with Gasteiger partial charge in [0.1, 0.15) is 19.3 Å². The van der Waals surface area contributed by atoms with Crippen molar-refractivity contribution in [3.63, 3.8) is 0 Å². The summed E-state index contributed by atoms with van der Waals surface area (Å²) in [6.07, 6.45) is 55.8. The van der Waals surface area contributed by atoms with Gasteiger partial charge in [0.2, 0.25) is 0 Å². The summed E-state index contributed by atoms with van der Waals surface area (Å²) < 4.78 is 68.5. The molecule has 576 valence electrons. The number of unbranched alkanes of at least 4 members (excludes halogenated alkanes) is 42. The van der Waals surface area contributed by atoms with E-state index in [2.05, 4.69) is 48.5 Å². The standard InChI is InChI=1S/C78H152O17P2/c1-8-11-12-13-14-15-16-17-18-19-20-21-22-23-24-27-31-34-37-47-54-61-77(82)94-73(65-88-75(80)59-52-45-36-33-30-28-25-26-29-32-35-42-49-56-69(4)5)67-92-96(84,85)90-63-72(79)64-91-97(86,87)93-68-74(95-78(83)62-55-48-41-39-44-51-58-71(7)10-3)66-89-76(81)60-53-46-40-38-43-50-57-70(6)9-2/h69-74,79H,8-68H2,1-7H3,(H,84,85)(H,86,87)/t70?,71?,72-,73-,74-/m1/s1. The quantitative estimate of drug-likeness (QED) is 0.0222. The van der Waals surface area contributed by atoms with E-state index in [0.717, 1.165) is 114 Å². The second-order valence-corrected chi connectivity index (χ2v) is 32.0. The van der Waals surface area contributed by atoms with E-state index in [4.69, 9.17) is 37.0 Å². The molecule has 0 amide bonds. The third kappa shape index (κ3) is 69.5. The minimum absolute atomic E-state index is 0.102. The second-order valence-electron chi connectivity index (χ2n) is 29.1. The molecule has 0 heterocycles. The van der Waals surface area contributed by atoms with E-state index >= 15 is 0 Å². The number of hydrogen-bond donors (Lipinski definition) is 3. The predicted molar refractivity (Wildman–Crippen MR) is 395 cm³/mol. The first-order valence-corrected chi connectivity index (χ1v) is 43.4. The third-order valence-electron chi connectivity index (χ3n) is 18.9. The Labute approximate surface area is 594 Å². The van der Waals surface area contributed by atoms with Crippen LogP contribution in [0.2, 0.25) is 0 Å². The lowest BCUT2D eigenvalue weighted by molar-refractivity contribution is -0.161. The molecule has 0 saturated heterocycles. The number of hydrogen-bond acceptors (Lipinski definition) is 15. The van der Waals surface area contributed by atoms with Crippen LogP contribution in [0.3, 0.4) is 0 Å². The Balaban J connectivity index is 5.21. The molecule has 0 spiro atoms. The van der Waals surface area contributed by atoms with Gasteiger partial charge in [0, 0.05) is 25.7 Å². The Morgan fingerprint density at radius 2 is 0.526 bits per heavy atom. The molecule has 17 nitrogen and oxygen atoms in total. The van der Waals surface area contributed by atoms with E-state index in [1.807, 2.05) is 0 Å². The van der Waals surface area contributed by atoms with E-state index in [9.17, 15) is 43.2 Å². The zero-order valence-corrected chi connectivity index (χ0v) is 65.3. The van der Waals surface area contributed by atoms with Crippen LogP contribution < -0.4 is 0 Å². The topological polar surface area (TPSA) is 237 Å². The van der Waals surface area contributed by atoms with Crippen molar-refractivity contribution in [2.45, 2.75) is 420 Å². The van der Waals surface area contributed by atoms with E-state index < -0.39 is 97.5 Å². The third-order valence-corrected chi connectivity index (χ3v) is 20.8. The number of aliphatic hydroxyl groups is 1. The molecule has 7 atom stereocenters.